The molecule has 0 spiro atoms. The third kappa shape index (κ3) is 4.75. The Bertz CT molecular complexity index is 598. The predicted octanol–water partition coefficient (Wildman–Crippen LogP) is 3.93. The average molecular weight is 337 g/mol. The third-order valence-electron chi connectivity index (χ3n) is 5.03. The molecule has 0 amide bonds. The normalized spacial score (nSPS) is 17.6. The van der Waals surface area contributed by atoms with Crippen LogP contribution in [0, 0.1) is 15.5 Å². The van der Waals surface area contributed by atoms with Crippen molar-refractivity contribution < 1.29 is 9.35 Å². The molecule has 0 saturated heterocycles. The molecule has 0 aromatic carbocycles. The molecule has 128 valence electrons. The van der Waals surface area contributed by atoms with Gasteiger partial charge in [0.1, 0.15) is 0 Å². The van der Waals surface area contributed by atoms with Crippen LogP contribution in [0.5, 0.6) is 0 Å². The molecule has 1 fully saturated rings. The lowest BCUT2D eigenvalue weighted by molar-refractivity contribution is -0.401. The van der Waals surface area contributed by atoms with Crippen LogP contribution >= 0.6 is 0 Å². The Morgan fingerprint density at radius 2 is 2.13 bits per heavy atom. The van der Waals surface area contributed by atoms with Crippen molar-refractivity contribution in [1.29, 1.82) is 0 Å². The van der Waals surface area contributed by atoms with Crippen molar-refractivity contribution in [3.05, 3.63) is 34.3 Å². The van der Waals surface area contributed by atoms with Crippen molar-refractivity contribution in [2.45, 2.75) is 58.3 Å². The largest absolute Gasteiger partial charge is 0.416 e. The van der Waals surface area contributed by atoms with Crippen molar-refractivity contribution in [3.8, 4) is 0 Å². The number of aromatic nitrogens is 2. The second-order valence-electron chi connectivity index (χ2n) is 8.09. The molecule has 1 aromatic heterocycles. The highest BCUT2D eigenvalue weighted by atomic mass is 28.4. The first kappa shape index (κ1) is 17.9. The maximum Gasteiger partial charge on any atom is 0.236 e. The fraction of sp³-hybridized carbons (Fsp3) is 0.688. The van der Waals surface area contributed by atoms with E-state index in [0.717, 1.165) is 32.2 Å². The van der Waals surface area contributed by atoms with Gasteiger partial charge in [0, 0.05) is 30.8 Å². The van der Waals surface area contributed by atoms with Crippen LogP contribution in [0.25, 0.3) is 6.08 Å². The van der Waals surface area contributed by atoms with Crippen molar-refractivity contribution in [2.75, 3.05) is 6.61 Å². The van der Waals surface area contributed by atoms with E-state index in [0.29, 0.717) is 5.69 Å². The quantitative estimate of drug-likeness (QED) is 0.429. The minimum Gasteiger partial charge on any atom is -0.416 e. The zero-order valence-electron chi connectivity index (χ0n) is 14.7. The van der Waals surface area contributed by atoms with Crippen LogP contribution < -0.4 is 0 Å². The monoisotopic (exact) mass is 337 g/mol. The topological polar surface area (TPSA) is 70.2 Å². The van der Waals surface area contributed by atoms with Gasteiger partial charge in [-0.25, -0.2) is 0 Å². The third-order valence-corrected chi connectivity index (χ3v) is 9.51. The number of hydrogen-bond donors (Lipinski definition) is 0. The Morgan fingerprint density at radius 3 is 2.65 bits per heavy atom. The Morgan fingerprint density at radius 1 is 1.48 bits per heavy atom. The molecule has 7 heteroatoms. The van der Waals surface area contributed by atoms with Crippen LogP contribution in [-0.4, -0.2) is 29.6 Å². The van der Waals surface area contributed by atoms with Gasteiger partial charge in [-0.2, -0.15) is 5.10 Å². The van der Waals surface area contributed by atoms with E-state index in [2.05, 4.69) is 39.0 Å². The summed E-state index contributed by atoms with van der Waals surface area (Å²) in [6.45, 7) is 12.9. The highest BCUT2D eigenvalue weighted by molar-refractivity contribution is 6.74. The first-order valence-corrected chi connectivity index (χ1v) is 10.9. The van der Waals surface area contributed by atoms with Crippen LogP contribution in [0.4, 0.5) is 0 Å². The zero-order chi connectivity index (χ0) is 17.3. The molecule has 0 bridgehead atoms. The molecule has 0 atom stereocenters. The van der Waals surface area contributed by atoms with Gasteiger partial charge in [0.25, 0.3) is 0 Å². The number of nitrogens with zero attached hydrogens (tertiary/aromatic N) is 3. The molecule has 1 heterocycles. The second kappa shape index (κ2) is 6.20. The lowest BCUT2D eigenvalue weighted by Gasteiger charge is -2.37. The van der Waals surface area contributed by atoms with Crippen molar-refractivity contribution in [1.82, 2.24) is 9.78 Å². The smallest absolute Gasteiger partial charge is 0.236 e. The van der Waals surface area contributed by atoms with E-state index in [-0.39, 0.29) is 10.5 Å². The van der Waals surface area contributed by atoms with Gasteiger partial charge in [-0.15, -0.1) is 0 Å². The number of hydrogen-bond acceptors (Lipinski definition) is 4. The standard InChI is InChI=1S/C16H27N3O3Si/c1-15(2,3)23(4,5)22-13-16(8-9-16)12-18-10-6-14(17-18)7-11-19(20)21/h6-7,10-11H,8-9,12-13H2,1-5H3/b11-7+. The molecule has 1 aliphatic carbocycles. The van der Waals surface area contributed by atoms with E-state index in [1.807, 2.05) is 10.9 Å². The average Bonchev–Trinajstić information content (AvgIpc) is 3.03. The van der Waals surface area contributed by atoms with Gasteiger partial charge < -0.3 is 4.43 Å². The Labute approximate surface area is 138 Å². The summed E-state index contributed by atoms with van der Waals surface area (Å²) in [6, 6.07) is 1.80. The molecule has 0 N–H and O–H groups in total. The fourth-order valence-corrected chi connectivity index (χ4v) is 3.21. The highest BCUT2D eigenvalue weighted by Crippen LogP contribution is 2.49. The van der Waals surface area contributed by atoms with Gasteiger partial charge in [-0.3, -0.25) is 14.8 Å². The Kier molecular flexibility index (Phi) is 4.82. The molecule has 1 aliphatic rings. The molecule has 2 rings (SSSR count). The van der Waals surface area contributed by atoms with Gasteiger partial charge in [-0.05, 0) is 37.0 Å². The predicted molar refractivity (Wildman–Crippen MR) is 93.1 cm³/mol. The van der Waals surface area contributed by atoms with Gasteiger partial charge in [0.05, 0.1) is 10.6 Å². The first-order valence-electron chi connectivity index (χ1n) is 8.02. The number of nitro groups is 1. The molecular formula is C16H27N3O3Si. The van der Waals surface area contributed by atoms with Gasteiger partial charge in [-0.1, -0.05) is 20.8 Å². The Hall–Kier alpha value is -1.47. The zero-order valence-corrected chi connectivity index (χ0v) is 15.7. The molecule has 1 aromatic rings. The second-order valence-corrected chi connectivity index (χ2v) is 12.9. The van der Waals surface area contributed by atoms with E-state index < -0.39 is 13.2 Å². The van der Waals surface area contributed by atoms with E-state index in [1.54, 1.807) is 6.07 Å². The molecule has 0 aliphatic heterocycles. The maximum absolute atomic E-state index is 10.3. The van der Waals surface area contributed by atoms with Crippen LogP contribution in [-0.2, 0) is 11.0 Å². The summed E-state index contributed by atoms with van der Waals surface area (Å²) >= 11 is 0. The maximum atomic E-state index is 10.3. The van der Waals surface area contributed by atoms with Gasteiger partial charge >= 0.3 is 0 Å². The van der Waals surface area contributed by atoms with E-state index >= 15 is 0 Å². The fourth-order valence-electron chi connectivity index (χ4n) is 2.11. The van der Waals surface area contributed by atoms with Crippen LogP contribution in [0.1, 0.15) is 39.3 Å². The molecule has 1 saturated carbocycles. The van der Waals surface area contributed by atoms with Gasteiger partial charge in [0.15, 0.2) is 8.32 Å². The van der Waals surface area contributed by atoms with Crippen LogP contribution in [0.2, 0.25) is 18.1 Å². The van der Waals surface area contributed by atoms with Crippen LogP contribution in [0.3, 0.4) is 0 Å². The summed E-state index contributed by atoms with van der Waals surface area (Å²) in [6.07, 6.45) is 6.53. The SMILES string of the molecule is CC(C)(C)[Si](C)(C)OCC1(Cn2ccc(/C=C/[N+](=O)[O-])n2)CC1. The van der Waals surface area contributed by atoms with Gasteiger partial charge in [0.2, 0.25) is 6.20 Å². The summed E-state index contributed by atoms with van der Waals surface area (Å²) in [5, 5.41) is 14.9. The Balaban J connectivity index is 1.94. The summed E-state index contributed by atoms with van der Waals surface area (Å²) in [7, 11) is -1.73. The van der Waals surface area contributed by atoms with Crippen molar-refractivity contribution in [3.63, 3.8) is 0 Å². The minimum absolute atomic E-state index is 0.186. The number of rotatable bonds is 7. The summed E-state index contributed by atoms with van der Waals surface area (Å²) in [4.78, 5) is 9.87. The van der Waals surface area contributed by atoms with E-state index in [1.165, 1.54) is 6.08 Å². The van der Waals surface area contributed by atoms with Crippen molar-refractivity contribution in [2.24, 2.45) is 5.41 Å². The van der Waals surface area contributed by atoms with E-state index in [4.69, 9.17) is 4.43 Å². The summed E-state index contributed by atoms with van der Waals surface area (Å²) in [5.41, 5.74) is 0.800. The molecular weight excluding hydrogens is 310 g/mol. The summed E-state index contributed by atoms with van der Waals surface area (Å²) in [5.74, 6) is 0. The summed E-state index contributed by atoms with van der Waals surface area (Å²) < 4.78 is 8.25. The van der Waals surface area contributed by atoms with Crippen molar-refractivity contribution >= 4 is 14.4 Å². The van der Waals surface area contributed by atoms with E-state index in [9.17, 15) is 10.1 Å². The van der Waals surface area contributed by atoms with Crippen LogP contribution in [0.15, 0.2) is 18.5 Å². The lowest BCUT2D eigenvalue weighted by atomic mass is 10.1. The molecule has 23 heavy (non-hydrogen) atoms. The lowest BCUT2D eigenvalue weighted by Crippen LogP contribution is -2.42. The molecule has 6 nitrogen and oxygen atoms in total. The first-order chi connectivity index (χ1) is 10.5. The molecule has 0 radical (unpaired) electrons. The molecule has 0 unspecified atom stereocenters. The highest BCUT2D eigenvalue weighted by Gasteiger charge is 2.46. The minimum atomic E-state index is -1.73.